The van der Waals surface area contributed by atoms with Gasteiger partial charge in [-0.05, 0) is 24.8 Å². The predicted molar refractivity (Wildman–Crippen MR) is 92.9 cm³/mol. The van der Waals surface area contributed by atoms with Gasteiger partial charge in [0.1, 0.15) is 0 Å². The third-order valence-electron chi connectivity index (χ3n) is 6.46. The summed E-state index contributed by atoms with van der Waals surface area (Å²) in [5, 5.41) is 8.26. The highest BCUT2D eigenvalue weighted by Crippen LogP contribution is 2.44. The summed E-state index contributed by atoms with van der Waals surface area (Å²) in [7, 11) is 2.04. The van der Waals surface area contributed by atoms with Crippen molar-refractivity contribution in [3.8, 4) is 0 Å². The molecule has 1 aliphatic carbocycles. The first-order valence-electron chi connectivity index (χ1n) is 9.41. The van der Waals surface area contributed by atoms with Crippen LogP contribution in [0.3, 0.4) is 0 Å². The van der Waals surface area contributed by atoms with Gasteiger partial charge in [-0.15, -0.1) is 10.2 Å². The molecule has 0 aromatic carbocycles. The molecule has 7 nitrogen and oxygen atoms in total. The quantitative estimate of drug-likeness (QED) is 0.841. The Bertz CT molecular complexity index is 853. The highest BCUT2D eigenvalue weighted by molar-refractivity contribution is 5.96. The first-order chi connectivity index (χ1) is 12.6. The number of carbonyl (C=O) groups is 1. The Morgan fingerprint density at radius 1 is 1.35 bits per heavy atom. The van der Waals surface area contributed by atoms with E-state index in [0.717, 1.165) is 5.56 Å². The average molecular weight is 356 g/mol. The van der Waals surface area contributed by atoms with Gasteiger partial charge < -0.3 is 18.6 Å². The van der Waals surface area contributed by atoms with Crippen LogP contribution in [-0.2, 0) is 17.2 Å². The van der Waals surface area contributed by atoms with Crippen molar-refractivity contribution in [1.82, 2.24) is 19.7 Å². The van der Waals surface area contributed by atoms with Crippen molar-refractivity contribution in [2.45, 2.75) is 37.5 Å². The minimum Gasteiger partial charge on any atom is -0.425 e. The number of carbonyl (C=O) groups excluding carboxylic acids is 1. The van der Waals surface area contributed by atoms with E-state index in [1.807, 2.05) is 24.2 Å². The predicted octanol–water partition coefficient (Wildman–Crippen LogP) is 2.02. The van der Waals surface area contributed by atoms with E-state index in [-0.39, 0.29) is 17.2 Å². The Morgan fingerprint density at radius 2 is 2.19 bits per heavy atom. The maximum absolute atomic E-state index is 13.3. The van der Waals surface area contributed by atoms with Crippen LogP contribution in [0.4, 0.5) is 0 Å². The summed E-state index contributed by atoms with van der Waals surface area (Å²) in [4.78, 5) is 15.3. The lowest BCUT2D eigenvalue weighted by Gasteiger charge is -2.28. The minimum absolute atomic E-state index is 0.123. The third-order valence-corrected chi connectivity index (χ3v) is 6.46. The molecule has 2 atom stereocenters. The molecule has 0 bridgehead atoms. The number of aromatic nitrogens is 3. The second-order valence-corrected chi connectivity index (χ2v) is 8.03. The van der Waals surface area contributed by atoms with E-state index < -0.39 is 0 Å². The number of nitrogens with zero attached hydrogens (tertiary/aromatic N) is 4. The van der Waals surface area contributed by atoms with Crippen molar-refractivity contribution in [3.05, 3.63) is 35.3 Å². The van der Waals surface area contributed by atoms with E-state index in [4.69, 9.17) is 9.15 Å². The summed E-state index contributed by atoms with van der Waals surface area (Å²) in [6.07, 6.45) is 5.63. The van der Waals surface area contributed by atoms with Crippen LogP contribution < -0.4 is 0 Å². The fraction of sp³-hybridized carbons (Fsp3) is 0.632. The second-order valence-electron chi connectivity index (χ2n) is 8.03. The summed E-state index contributed by atoms with van der Waals surface area (Å²) in [6, 6.07) is 1.98. The minimum atomic E-state index is -0.359. The molecule has 1 amide bonds. The van der Waals surface area contributed by atoms with Gasteiger partial charge >= 0.3 is 0 Å². The number of aryl methyl sites for hydroxylation is 2. The van der Waals surface area contributed by atoms with E-state index >= 15 is 0 Å². The zero-order chi connectivity index (χ0) is 17.9. The third kappa shape index (κ3) is 2.19. The van der Waals surface area contributed by atoms with Crippen LogP contribution in [0.25, 0.3) is 0 Å². The Kier molecular flexibility index (Phi) is 3.50. The molecule has 3 aliphatic rings. The van der Waals surface area contributed by atoms with Crippen LogP contribution in [0.5, 0.6) is 0 Å². The molecular formula is C19H24N4O3. The first-order valence-corrected chi connectivity index (χ1v) is 9.41. The fourth-order valence-electron chi connectivity index (χ4n) is 4.77. The number of fused-ring (bicyclic) bond motifs is 1. The fourth-order valence-corrected chi connectivity index (χ4v) is 4.77. The molecule has 4 heterocycles. The number of rotatable bonds is 3. The smallest absolute Gasteiger partial charge is 0.255 e. The molecule has 2 saturated heterocycles. The lowest BCUT2D eigenvalue weighted by atomic mass is 9.81. The maximum Gasteiger partial charge on any atom is 0.255 e. The van der Waals surface area contributed by atoms with Crippen molar-refractivity contribution in [2.75, 3.05) is 26.3 Å². The molecule has 5 rings (SSSR count). The summed E-state index contributed by atoms with van der Waals surface area (Å²) in [5.41, 5.74) is 1.69. The molecule has 0 spiro atoms. The number of hydrogen-bond donors (Lipinski definition) is 0. The zero-order valence-electron chi connectivity index (χ0n) is 15.3. The van der Waals surface area contributed by atoms with Crippen molar-refractivity contribution >= 4 is 5.91 Å². The van der Waals surface area contributed by atoms with Crippen molar-refractivity contribution in [3.63, 3.8) is 0 Å². The van der Waals surface area contributed by atoms with Gasteiger partial charge in [0.05, 0.1) is 24.2 Å². The van der Waals surface area contributed by atoms with Crippen LogP contribution >= 0.6 is 0 Å². The largest absolute Gasteiger partial charge is 0.425 e. The molecule has 3 fully saturated rings. The van der Waals surface area contributed by atoms with E-state index in [2.05, 4.69) is 14.8 Å². The average Bonchev–Trinajstić information content (AvgIpc) is 3.29. The number of likely N-dealkylation sites (tertiary alicyclic amines) is 1. The number of ether oxygens (including phenoxy) is 1. The summed E-state index contributed by atoms with van der Waals surface area (Å²) in [5.74, 6) is 2.02. The molecular weight excluding hydrogens is 332 g/mol. The Labute approximate surface area is 152 Å². The monoisotopic (exact) mass is 356 g/mol. The molecule has 0 unspecified atom stereocenters. The van der Waals surface area contributed by atoms with Crippen molar-refractivity contribution < 1.29 is 13.9 Å². The molecule has 26 heavy (non-hydrogen) atoms. The number of amides is 1. The maximum atomic E-state index is 13.3. The van der Waals surface area contributed by atoms with Gasteiger partial charge in [0, 0.05) is 44.9 Å². The van der Waals surface area contributed by atoms with Gasteiger partial charge in [0.15, 0.2) is 0 Å². The summed E-state index contributed by atoms with van der Waals surface area (Å²) >= 11 is 0. The SMILES string of the molecule is Cc1nnc([C@@]23COC[C@@H]2CN(C(=O)c2ccn(C)c2C2CCC2)C3)o1. The molecule has 2 aliphatic heterocycles. The Hall–Kier alpha value is -2.15. The lowest BCUT2D eigenvalue weighted by Crippen LogP contribution is -2.38. The molecule has 0 N–H and O–H groups in total. The second kappa shape index (κ2) is 5.67. The van der Waals surface area contributed by atoms with Gasteiger partial charge in [-0.25, -0.2) is 0 Å². The zero-order valence-corrected chi connectivity index (χ0v) is 15.3. The number of hydrogen-bond acceptors (Lipinski definition) is 5. The highest BCUT2D eigenvalue weighted by atomic mass is 16.5. The molecule has 1 saturated carbocycles. The van der Waals surface area contributed by atoms with Gasteiger partial charge in [-0.3, -0.25) is 4.79 Å². The topological polar surface area (TPSA) is 73.4 Å². The Morgan fingerprint density at radius 3 is 2.88 bits per heavy atom. The first kappa shape index (κ1) is 16.1. The standard InChI is InChI=1S/C19H24N4O3/c1-12-20-21-18(26-12)19-10-23(8-14(19)9-25-11-19)17(24)15-6-7-22(2)16(15)13-4-3-5-13/h6-7,13-14H,3-5,8-11H2,1-2H3/t14-,19-/m0/s1. The van der Waals surface area contributed by atoms with Crippen LogP contribution in [0, 0.1) is 12.8 Å². The van der Waals surface area contributed by atoms with Crippen LogP contribution in [0.15, 0.2) is 16.7 Å². The molecule has 0 radical (unpaired) electrons. The lowest BCUT2D eigenvalue weighted by molar-refractivity contribution is 0.0735. The normalized spacial score (nSPS) is 28.4. The molecule has 2 aromatic heterocycles. The van der Waals surface area contributed by atoms with E-state index in [9.17, 15) is 4.79 Å². The van der Waals surface area contributed by atoms with Crippen molar-refractivity contribution in [1.29, 1.82) is 0 Å². The molecule has 2 aromatic rings. The van der Waals surface area contributed by atoms with Gasteiger partial charge in [0.25, 0.3) is 5.91 Å². The summed E-state index contributed by atoms with van der Waals surface area (Å²) in [6.45, 7) is 4.23. The van der Waals surface area contributed by atoms with E-state index in [0.29, 0.717) is 44.0 Å². The van der Waals surface area contributed by atoms with Gasteiger partial charge in [0.2, 0.25) is 11.8 Å². The Balaban J connectivity index is 1.45. The highest BCUT2D eigenvalue weighted by Gasteiger charge is 2.56. The van der Waals surface area contributed by atoms with E-state index in [1.165, 1.54) is 25.0 Å². The summed E-state index contributed by atoms with van der Waals surface area (Å²) < 4.78 is 13.6. The van der Waals surface area contributed by atoms with Crippen LogP contribution in [0.1, 0.15) is 53.0 Å². The van der Waals surface area contributed by atoms with Crippen molar-refractivity contribution in [2.24, 2.45) is 13.0 Å². The van der Waals surface area contributed by atoms with Gasteiger partial charge in [-0.2, -0.15) is 0 Å². The molecule has 7 heteroatoms. The van der Waals surface area contributed by atoms with Gasteiger partial charge in [-0.1, -0.05) is 6.42 Å². The van der Waals surface area contributed by atoms with Crippen LogP contribution in [0.2, 0.25) is 0 Å². The van der Waals surface area contributed by atoms with E-state index in [1.54, 1.807) is 6.92 Å². The van der Waals surface area contributed by atoms with Crippen LogP contribution in [-0.4, -0.2) is 51.9 Å². The molecule has 138 valence electrons.